The third-order valence-corrected chi connectivity index (χ3v) is 4.09. The molecule has 0 saturated heterocycles. The summed E-state index contributed by atoms with van der Waals surface area (Å²) in [5.41, 5.74) is 3.40. The molecule has 132 valence electrons. The number of nitrogens with zero attached hydrogens (tertiary/aromatic N) is 4. The van der Waals surface area contributed by atoms with Crippen LogP contribution in [0.2, 0.25) is 0 Å². The highest BCUT2D eigenvalue weighted by atomic mass is 16.5. The number of nitrogens with one attached hydrogen (secondary N) is 2. The Morgan fingerprint density at radius 1 is 1.15 bits per heavy atom. The van der Waals surface area contributed by atoms with Crippen LogP contribution in [0.4, 0.5) is 5.82 Å². The summed E-state index contributed by atoms with van der Waals surface area (Å²) in [4.78, 5) is 18.0. The van der Waals surface area contributed by atoms with E-state index in [1.807, 2.05) is 40.9 Å². The van der Waals surface area contributed by atoms with Gasteiger partial charge in [0.25, 0.3) is 0 Å². The van der Waals surface area contributed by atoms with Crippen molar-refractivity contribution in [3.63, 3.8) is 0 Å². The Bertz CT molecular complexity index is 1080. The second kappa shape index (κ2) is 6.83. The van der Waals surface area contributed by atoms with Gasteiger partial charge >= 0.3 is 5.76 Å². The molecule has 0 aliphatic carbocycles. The Morgan fingerprint density at radius 2 is 1.96 bits per heavy atom. The van der Waals surface area contributed by atoms with Gasteiger partial charge in [-0.05, 0) is 18.6 Å². The first-order valence-corrected chi connectivity index (χ1v) is 8.50. The van der Waals surface area contributed by atoms with E-state index in [4.69, 9.17) is 0 Å². The molecule has 0 aliphatic heterocycles. The molecule has 0 spiro atoms. The zero-order valence-corrected chi connectivity index (χ0v) is 14.3. The first-order valence-electron chi connectivity index (χ1n) is 8.50. The lowest BCUT2D eigenvalue weighted by Crippen LogP contribution is -2.05. The van der Waals surface area contributed by atoms with Crippen LogP contribution in [0.25, 0.3) is 28.3 Å². The van der Waals surface area contributed by atoms with Crippen molar-refractivity contribution in [1.29, 1.82) is 0 Å². The molecular weight excluding hydrogens is 332 g/mol. The number of aromatic nitrogens is 5. The monoisotopic (exact) mass is 350 g/mol. The fourth-order valence-electron chi connectivity index (χ4n) is 2.71. The van der Waals surface area contributed by atoms with Gasteiger partial charge in [0.15, 0.2) is 11.5 Å². The lowest BCUT2D eigenvalue weighted by molar-refractivity contribution is 0.388. The van der Waals surface area contributed by atoms with Gasteiger partial charge in [0.05, 0.1) is 11.9 Å². The van der Waals surface area contributed by atoms with Gasteiger partial charge in [-0.25, -0.2) is 14.3 Å². The second-order valence-corrected chi connectivity index (χ2v) is 5.93. The number of fused-ring (bicyclic) bond motifs is 1. The number of benzene rings is 1. The lowest BCUT2D eigenvalue weighted by Gasteiger charge is -2.06. The van der Waals surface area contributed by atoms with Gasteiger partial charge in [-0.3, -0.25) is 9.51 Å². The molecule has 3 heterocycles. The zero-order valence-electron chi connectivity index (χ0n) is 14.3. The van der Waals surface area contributed by atoms with E-state index >= 15 is 0 Å². The number of hydrogen-bond acceptors (Lipinski definition) is 6. The van der Waals surface area contributed by atoms with E-state index in [-0.39, 0.29) is 0 Å². The van der Waals surface area contributed by atoms with Crippen molar-refractivity contribution in [2.45, 2.75) is 19.8 Å². The van der Waals surface area contributed by atoms with Crippen LogP contribution in [0.15, 0.2) is 51.9 Å². The molecule has 0 radical (unpaired) electrons. The van der Waals surface area contributed by atoms with E-state index in [0.717, 1.165) is 47.7 Å². The summed E-state index contributed by atoms with van der Waals surface area (Å²) in [6, 6.07) is 11.5. The summed E-state index contributed by atoms with van der Waals surface area (Å²) >= 11 is 0. The molecular formula is C18H18N6O2. The van der Waals surface area contributed by atoms with Crippen molar-refractivity contribution in [1.82, 2.24) is 24.7 Å². The van der Waals surface area contributed by atoms with Gasteiger partial charge in [0.2, 0.25) is 0 Å². The fraction of sp³-hybridized carbons (Fsp3) is 0.222. The number of anilines is 1. The first-order chi connectivity index (χ1) is 12.7. The van der Waals surface area contributed by atoms with Crippen LogP contribution in [0.1, 0.15) is 19.8 Å². The van der Waals surface area contributed by atoms with Gasteiger partial charge < -0.3 is 5.32 Å². The molecule has 8 nitrogen and oxygen atoms in total. The maximum absolute atomic E-state index is 11.1. The van der Waals surface area contributed by atoms with Crippen molar-refractivity contribution in [3.05, 3.63) is 53.1 Å². The minimum absolute atomic E-state index is 0.403. The van der Waals surface area contributed by atoms with Crippen molar-refractivity contribution in [3.8, 4) is 22.6 Å². The summed E-state index contributed by atoms with van der Waals surface area (Å²) in [5, 5.41) is 11.7. The number of imidazole rings is 1. The van der Waals surface area contributed by atoms with E-state index in [9.17, 15) is 4.79 Å². The van der Waals surface area contributed by atoms with Crippen LogP contribution in [0.5, 0.6) is 0 Å². The van der Waals surface area contributed by atoms with Gasteiger partial charge in [0, 0.05) is 17.7 Å². The SMILES string of the molecule is CCCCNc1ccc2ncc(-c3ccc(-c4noc(=O)[nH]4)cc3)n2n1. The molecule has 2 N–H and O–H groups in total. The molecule has 0 aliphatic rings. The topological polar surface area (TPSA) is 101 Å². The number of H-pyrrole nitrogens is 1. The second-order valence-electron chi connectivity index (χ2n) is 5.93. The smallest absolute Gasteiger partial charge is 0.369 e. The maximum Gasteiger partial charge on any atom is 0.439 e. The standard InChI is InChI=1S/C18H18N6O2/c1-2-3-10-19-15-8-9-16-20-11-14(24(16)22-15)12-4-6-13(7-5-12)17-21-18(25)26-23-17/h4-9,11H,2-3,10H2,1H3,(H,19,22)(H,21,23,25). The van der Waals surface area contributed by atoms with E-state index < -0.39 is 5.76 Å². The van der Waals surface area contributed by atoms with Crippen LogP contribution in [0.3, 0.4) is 0 Å². The molecule has 3 aromatic heterocycles. The Morgan fingerprint density at radius 3 is 2.69 bits per heavy atom. The van der Waals surface area contributed by atoms with Gasteiger partial charge in [-0.1, -0.05) is 42.8 Å². The summed E-state index contributed by atoms with van der Waals surface area (Å²) in [6.07, 6.45) is 4.03. The van der Waals surface area contributed by atoms with E-state index in [1.54, 1.807) is 6.20 Å². The van der Waals surface area contributed by atoms with Crippen molar-refractivity contribution >= 4 is 11.5 Å². The highest BCUT2D eigenvalue weighted by Gasteiger charge is 2.10. The average Bonchev–Trinajstić information content (AvgIpc) is 3.28. The van der Waals surface area contributed by atoms with Crippen LogP contribution >= 0.6 is 0 Å². The third kappa shape index (κ3) is 3.08. The molecule has 4 aromatic rings. The van der Waals surface area contributed by atoms with Crippen LogP contribution in [-0.2, 0) is 0 Å². The molecule has 1 aromatic carbocycles. The third-order valence-electron chi connectivity index (χ3n) is 4.09. The molecule has 8 heteroatoms. The van der Waals surface area contributed by atoms with Crippen molar-refractivity contribution in [2.24, 2.45) is 0 Å². The number of rotatable bonds is 6. The van der Waals surface area contributed by atoms with Gasteiger partial charge in [-0.2, -0.15) is 0 Å². The molecule has 0 saturated carbocycles. The summed E-state index contributed by atoms with van der Waals surface area (Å²) < 4.78 is 6.36. The quantitative estimate of drug-likeness (QED) is 0.519. The van der Waals surface area contributed by atoms with Gasteiger partial charge in [-0.15, -0.1) is 5.10 Å². The number of hydrogen-bond donors (Lipinski definition) is 2. The number of unbranched alkanes of at least 4 members (excludes halogenated alkanes) is 1. The molecule has 4 rings (SSSR count). The van der Waals surface area contributed by atoms with Crippen molar-refractivity contribution in [2.75, 3.05) is 11.9 Å². The first kappa shape index (κ1) is 16.1. The molecule has 26 heavy (non-hydrogen) atoms. The lowest BCUT2D eigenvalue weighted by atomic mass is 10.1. The predicted molar refractivity (Wildman–Crippen MR) is 97.9 cm³/mol. The Hall–Kier alpha value is -3.42. The summed E-state index contributed by atoms with van der Waals surface area (Å²) in [6.45, 7) is 3.05. The average molecular weight is 350 g/mol. The highest BCUT2D eigenvalue weighted by Crippen LogP contribution is 2.23. The highest BCUT2D eigenvalue weighted by molar-refractivity contribution is 5.67. The van der Waals surface area contributed by atoms with E-state index in [0.29, 0.717) is 5.82 Å². The minimum Gasteiger partial charge on any atom is -0.369 e. The van der Waals surface area contributed by atoms with Crippen LogP contribution in [0, 0.1) is 0 Å². The van der Waals surface area contributed by atoms with Gasteiger partial charge in [0.1, 0.15) is 5.82 Å². The predicted octanol–water partition coefficient (Wildman–Crippen LogP) is 2.95. The Kier molecular flexibility index (Phi) is 4.22. The molecule has 0 unspecified atom stereocenters. The largest absolute Gasteiger partial charge is 0.439 e. The van der Waals surface area contributed by atoms with Crippen molar-refractivity contribution < 1.29 is 4.52 Å². The van der Waals surface area contributed by atoms with E-state index in [1.165, 1.54) is 0 Å². The van der Waals surface area contributed by atoms with Crippen LogP contribution < -0.4 is 11.1 Å². The summed E-state index contributed by atoms with van der Waals surface area (Å²) in [5.74, 6) is 0.653. The molecule has 0 amide bonds. The molecule has 0 bridgehead atoms. The number of aromatic amines is 1. The van der Waals surface area contributed by atoms with E-state index in [2.05, 4.69) is 37.0 Å². The Balaban J connectivity index is 1.65. The normalized spacial score (nSPS) is 11.1. The molecule has 0 atom stereocenters. The fourth-order valence-corrected chi connectivity index (χ4v) is 2.71. The Labute approximate surface area is 148 Å². The zero-order chi connectivity index (χ0) is 17.9. The maximum atomic E-state index is 11.1. The summed E-state index contributed by atoms with van der Waals surface area (Å²) in [7, 11) is 0. The molecule has 0 fully saturated rings. The minimum atomic E-state index is -0.571. The van der Waals surface area contributed by atoms with Crippen LogP contribution in [-0.4, -0.2) is 31.3 Å².